The molecule has 0 aliphatic heterocycles. The van der Waals surface area contributed by atoms with E-state index in [4.69, 9.17) is 4.74 Å². The maximum absolute atomic E-state index is 12.0. The van der Waals surface area contributed by atoms with Crippen molar-refractivity contribution in [2.45, 2.75) is 19.3 Å². The molecular formula is C25H28N2O2. The van der Waals surface area contributed by atoms with Crippen molar-refractivity contribution in [1.29, 1.82) is 0 Å². The lowest BCUT2D eigenvalue weighted by Gasteiger charge is -2.09. The van der Waals surface area contributed by atoms with E-state index in [9.17, 15) is 4.79 Å². The highest BCUT2D eigenvalue weighted by Gasteiger charge is 2.03. The molecule has 3 rings (SSSR count). The van der Waals surface area contributed by atoms with Crippen LogP contribution in [0, 0.1) is 0 Å². The fourth-order valence-corrected chi connectivity index (χ4v) is 3.03. The molecule has 0 saturated heterocycles. The second-order valence-corrected chi connectivity index (χ2v) is 6.92. The van der Waals surface area contributed by atoms with Gasteiger partial charge < -0.3 is 15.4 Å². The van der Waals surface area contributed by atoms with Crippen molar-refractivity contribution >= 4 is 11.6 Å². The lowest BCUT2D eigenvalue weighted by Crippen LogP contribution is -2.29. The molecule has 1 amide bonds. The molecule has 0 aliphatic rings. The van der Waals surface area contributed by atoms with E-state index in [1.54, 1.807) is 0 Å². The molecule has 2 N–H and O–H groups in total. The standard InChI is InChI=1S/C25H28N2O2/c28-25(20-26-18-17-22-10-5-2-6-11-22)27-23-13-15-24(16-14-23)29-19-7-12-21-8-3-1-4-9-21/h1-6,8-11,13-16,26H,7,12,17-20H2,(H,27,28). The van der Waals surface area contributed by atoms with Crippen LogP contribution in [0.4, 0.5) is 5.69 Å². The quantitative estimate of drug-likeness (QED) is 0.477. The summed E-state index contributed by atoms with van der Waals surface area (Å²) in [7, 11) is 0. The summed E-state index contributed by atoms with van der Waals surface area (Å²) in [5.74, 6) is 0.770. The SMILES string of the molecule is O=C(CNCCc1ccccc1)Nc1ccc(OCCCc2ccccc2)cc1. The maximum Gasteiger partial charge on any atom is 0.238 e. The molecule has 29 heavy (non-hydrogen) atoms. The van der Waals surface area contributed by atoms with Crippen LogP contribution in [0.1, 0.15) is 17.5 Å². The number of benzene rings is 3. The molecule has 0 aliphatic carbocycles. The van der Waals surface area contributed by atoms with Crippen molar-refractivity contribution in [2.75, 3.05) is 25.0 Å². The van der Waals surface area contributed by atoms with E-state index in [1.165, 1.54) is 11.1 Å². The van der Waals surface area contributed by atoms with E-state index in [0.717, 1.165) is 37.2 Å². The molecular weight excluding hydrogens is 360 g/mol. The van der Waals surface area contributed by atoms with Gasteiger partial charge in [0.15, 0.2) is 0 Å². The summed E-state index contributed by atoms with van der Waals surface area (Å²) in [4.78, 5) is 12.0. The topological polar surface area (TPSA) is 50.4 Å². The second kappa shape index (κ2) is 11.7. The van der Waals surface area contributed by atoms with Crippen molar-refractivity contribution < 1.29 is 9.53 Å². The van der Waals surface area contributed by atoms with Crippen LogP contribution in [0.5, 0.6) is 5.75 Å². The molecule has 0 bridgehead atoms. The highest BCUT2D eigenvalue weighted by Crippen LogP contribution is 2.16. The third-order valence-corrected chi connectivity index (χ3v) is 4.58. The molecule has 0 saturated carbocycles. The molecule has 0 spiro atoms. The van der Waals surface area contributed by atoms with Gasteiger partial charge in [-0.2, -0.15) is 0 Å². The Hall–Kier alpha value is -3.11. The van der Waals surface area contributed by atoms with Crippen molar-refractivity contribution in [1.82, 2.24) is 5.32 Å². The van der Waals surface area contributed by atoms with Crippen LogP contribution < -0.4 is 15.4 Å². The third kappa shape index (κ3) is 7.80. The van der Waals surface area contributed by atoms with E-state index in [1.807, 2.05) is 48.5 Å². The second-order valence-electron chi connectivity index (χ2n) is 6.92. The van der Waals surface area contributed by atoms with Gasteiger partial charge in [-0.3, -0.25) is 4.79 Å². The highest BCUT2D eigenvalue weighted by molar-refractivity contribution is 5.92. The lowest BCUT2D eigenvalue weighted by molar-refractivity contribution is -0.115. The molecule has 0 aromatic heterocycles. The molecule has 4 heteroatoms. The van der Waals surface area contributed by atoms with Crippen LogP contribution in [0.3, 0.4) is 0 Å². The molecule has 3 aromatic carbocycles. The van der Waals surface area contributed by atoms with E-state index in [0.29, 0.717) is 13.2 Å². The average Bonchev–Trinajstić information content (AvgIpc) is 2.77. The summed E-state index contributed by atoms with van der Waals surface area (Å²) < 4.78 is 5.78. The van der Waals surface area contributed by atoms with Crippen LogP contribution in [-0.2, 0) is 17.6 Å². The predicted molar refractivity (Wildman–Crippen MR) is 118 cm³/mol. The molecule has 150 valence electrons. The zero-order valence-corrected chi connectivity index (χ0v) is 16.6. The van der Waals surface area contributed by atoms with Crippen LogP contribution in [0.2, 0.25) is 0 Å². The number of nitrogens with one attached hydrogen (secondary N) is 2. The first-order valence-corrected chi connectivity index (χ1v) is 10.1. The Morgan fingerprint density at radius 2 is 1.38 bits per heavy atom. The summed E-state index contributed by atoms with van der Waals surface area (Å²) >= 11 is 0. The van der Waals surface area contributed by atoms with Gasteiger partial charge in [0.05, 0.1) is 13.2 Å². The largest absolute Gasteiger partial charge is 0.494 e. The van der Waals surface area contributed by atoms with Gasteiger partial charge in [0.1, 0.15) is 5.75 Å². The fourth-order valence-electron chi connectivity index (χ4n) is 3.03. The Labute approximate surface area is 172 Å². The first kappa shape index (κ1) is 20.6. The normalized spacial score (nSPS) is 10.5. The predicted octanol–water partition coefficient (Wildman–Crippen LogP) is 4.47. The molecule has 0 unspecified atom stereocenters. The molecule has 0 fully saturated rings. The highest BCUT2D eigenvalue weighted by atomic mass is 16.5. The molecule has 0 heterocycles. The smallest absolute Gasteiger partial charge is 0.238 e. The Bertz CT molecular complexity index is 849. The lowest BCUT2D eigenvalue weighted by atomic mass is 10.1. The molecule has 0 radical (unpaired) electrons. The number of rotatable bonds is 11. The number of amides is 1. The zero-order valence-electron chi connectivity index (χ0n) is 16.6. The number of hydrogen-bond donors (Lipinski definition) is 2. The van der Waals surface area contributed by atoms with Gasteiger partial charge >= 0.3 is 0 Å². The minimum atomic E-state index is -0.0467. The van der Waals surface area contributed by atoms with Crippen molar-refractivity contribution in [3.8, 4) is 5.75 Å². The summed E-state index contributed by atoms with van der Waals surface area (Å²) in [6.45, 7) is 1.74. The first-order valence-electron chi connectivity index (χ1n) is 10.1. The van der Waals surface area contributed by atoms with E-state index >= 15 is 0 Å². The van der Waals surface area contributed by atoms with Crippen LogP contribution in [0.15, 0.2) is 84.9 Å². The number of ether oxygens (including phenoxy) is 1. The number of anilines is 1. The van der Waals surface area contributed by atoms with Gasteiger partial charge in [-0.1, -0.05) is 60.7 Å². The summed E-state index contributed by atoms with van der Waals surface area (Å²) in [5.41, 5.74) is 3.36. The van der Waals surface area contributed by atoms with Gasteiger partial charge in [0.2, 0.25) is 5.91 Å². The number of carbonyl (C=O) groups excluding carboxylic acids is 1. The summed E-state index contributed by atoms with van der Waals surface area (Å²) in [6.07, 6.45) is 2.88. The Kier molecular flexibility index (Phi) is 8.30. The van der Waals surface area contributed by atoms with E-state index < -0.39 is 0 Å². The van der Waals surface area contributed by atoms with E-state index in [2.05, 4.69) is 47.0 Å². The number of hydrogen-bond acceptors (Lipinski definition) is 3. The van der Waals surface area contributed by atoms with Crippen LogP contribution in [-0.4, -0.2) is 25.6 Å². The minimum Gasteiger partial charge on any atom is -0.494 e. The number of carbonyl (C=O) groups is 1. The fraction of sp³-hybridized carbons (Fsp3) is 0.240. The van der Waals surface area contributed by atoms with Gasteiger partial charge in [-0.05, 0) is 61.2 Å². The zero-order chi connectivity index (χ0) is 20.2. The Morgan fingerprint density at radius 1 is 0.759 bits per heavy atom. The molecule has 4 nitrogen and oxygen atoms in total. The Morgan fingerprint density at radius 3 is 2.03 bits per heavy atom. The van der Waals surface area contributed by atoms with Crippen molar-refractivity contribution in [2.24, 2.45) is 0 Å². The van der Waals surface area contributed by atoms with Crippen LogP contribution in [0.25, 0.3) is 0 Å². The monoisotopic (exact) mass is 388 g/mol. The van der Waals surface area contributed by atoms with E-state index in [-0.39, 0.29) is 5.91 Å². The van der Waals surface area contributed by atoms with Gasteiger partial charge in [-0.25, -0.2) is 0 Å². The van der Waals surface area contributed by atoms with Gasteiger partial charge in [-0.15, -0.1) is 0 Å². The summed E-state index contributed by atoms with van der Waals surface area (Å²) in [6, 6.07) is 28.2. The minimum absolute atomic E-state index is 0.0467. The van der Waals surface area contributed by atoms with Crippen molar-refractivity contribution in [3.63, 3.8) is 0 Å². The summed E-state index contributed by atoms with van der Waals surface area (Å²) in [5, 5.41) is 6.08. The molecule has 3 aromatic rings. The van der Waals surface area contributed by atoms with Crippen LogP contribution >= 0.6 is 0 Å². The average molecular weight is 389 g/mol. The Balaban J connectivity index is 1.30. The van der Waals surface area contributed by atoms with Crippen molar-refractivity contribution in [3.05, 3.63) is 96.1 Å². The number of aryl methyl sites for hydroxylation is 1. The third-order valence-electron chi connectivity index (χ3n) is 4.58. The maximum atomic E-state index is 12.0. The first-order chi connectivity index (χ1) is 14.3. The van der Waals surface area contributed by atoms with Gasteiger partial charge in [0, 0.05) is 5.69 Å². The molecule has 0 atom stereocenters. The van der Waals surface area contributed by atoms with Gasteiger partial charge in [0.25, 0.3) is 0 Å².